The number of hydrogen-bond donors (Lipinski definition) is 1. The van der Waals surface area contributed by atoms with E-state index in [2.05, 4.69) is 4.72 Å². The highest BCUT2D eigenvalue weighted by Gasteiger charge is 2.44. The molecule has 5 rings (SSSR count). The van der Waals surface area contributed by atoms with Crippen LogP contribution in [0.4, 0.5) is 14.5 Å². The maximum Gasteiger partial charge on any atom is 0.298 e. The number of furan rings is 1. The second-order valence-electron chi connectivity index (χ2n) is 7.61. The third-order valence-electron chi connectivity index (χ3n) is 5.29. The Hall–Kier alpha value is -3.52. The van der Waals surface area contributed by atoms with Crippen LogP contribution < -0.4 is 9.62 Å². The van der Waals surface area contributed by atoms with Crippen LogP contribution in [0.25, 0.3) is 22.1 Å². The van der Waals surface area contributed by atoms with Gasteiger partial charge in [-0.1, -0.05) is 48.5 Å². The molecule has 0 radical (unpaired) electrons. The van der Waals surface area contributed by atoms with Crippen LogP contribution in [0.15, 0.2) is 88.2 Å². The molecule has 1 fully saturated rings. The fourth-order valence-electron chi connectivity index (χ4n) is 3.70. The van der Waals surface area contributed by atoms with E-state index >= 15 is 0 Å². The number of carbonyl (C=O) groups excluding carboxylic acids is 1. The van der Waals surface area contributed by atoms with Crippen LogP contribution in [0.5, 0.6) is 0 Å². The minimum absolute atomic E-state index is 0.00312. The number of hydrogen-bond acceptors (Lipinski definition) is 4. The molecule has 8 heteroatoms. The van der Waals surface area contributed by atoms with E-state index in [1.54, 1.807) is 36.4 Å². The summed E-state index contributed by atoms with van der Waals surface area (Å²) in [6, 6.07) is 23.2. The minimum Gasteiger partial charge on any atom is -0.451 e. The van der Waals surface area contributed by atoms with E-state index in [-0.39, 0.29) is 18.8 Å². The molecule has 1 saturated heterocycles. The molecule has 1 unspecified atom stereocenters. The van der Waals surface area contributed by atoms with E-state index in [9.17, 15) is 17.8 Å². The standard InChI is InChI=1S/C24H18F2N2O3S/c25-24(26)14-28(15-24)18-11-10-17-12-21(31-20(17)13-18)23(29)27-32(30)22-9-5-4-8-19(22)16-6-2-1-3-7-16/h1-13H,14-15H2,(H,27,29). The second-order valence-corrected chi connectivity index (χ2v) is 8.79. The quantitative estimate of drug-likeness (QED) is 0.463. The lowest BCUT2D eigenvalue weighted by molar-refractivity contribution is -0.0262. The first kappa shape index (κ1) is 20.4. The number of alkyl halides is 2. The molecule has 0 aliphatic carbocycles. The normalized spacial score (nSPS) is 15.9. The van der Waals surface area contributed by atoms with Crippen LogP contribution in [0.1, 0.15) is 10.6 Å². The van der Waals surface area contributed by atoms with Gasteiger partial charge in [-0.2, -0.15) is 0 Å². The number of anilines is 1. The lowest BCUT2D eigenvalue weighted by atomic mass is 10.1. The predicted molar refractivity (Wildman–Crippen MR) is 119 cm³/mol. The molecular formula is C24H18F2N2O3S. The molecule has 1 aliphatic rings. The average Bonchev–Trinajstić information content (AvgIpc) is 3.21. The van der Waals surface area contributed by atoms with Gasteiger partial charge in [-0.15, -0.1) is 0 Å². The summed E-state index contributed by atoms with van der Waals surface area (Å²) in [5, 5.41) is 0.654. The lowest BCUT2D eigenvalue weighted by Gasteiger charge is -2.40. The molecule has 162 valence electrons. The number of nitrogens with zero attached hydrogens (tertiary/aromatic N) is 1. The Bertz CT molecular complexity index is 1330. The number of carbonyl (C=O) groups is 1. The summed E-state index contributed by atoms with van der Waals surface area (Å²) in [6.07, 6.45) is 0. The number of rotatable bonds is 5. The van der Waals surface area contributed by atoms with Gasteiger partial charge in [0, 0.05) is 17.1 Å². The predicted octanol–water partition coefficient (Wildman–Crippen LogP) is 5.01. The highest BCUT2D eigenvalue weighted by Crippen LogP contribution is 2.34. The molecule has 5 nitrogen and oxygen atoms in total. The van der Waals surface area contributed by atoms with Gasteiger partial charge in [0.2, 0.25) is 0 Å². The molecule has 1 aromatic heterocycles. The summed E-state index contributed by atoms with van der Waals surface area (Å²) in [5.74, 6) is -3.31. The summed E-state index contributed by atoms with van der Waals surface area (Å²) in [5.41, 5.74) is 2.65. The SMILES string of the molecule is O=C(NS(=O)c1ccccc1-c1ccccc1)c1cc2ccc(N3CC(F)(F)C3)cc2o1. The Kier molecular flexibility index (Phi) is 5.01. The van der Waals surface area contributed by atoms with Crippen LogP contribution in [0, 0.1) is 0 Å². The van der Waals surface area contributed by atoms with Crippen LogP contribution in [-0.2, 0) is 11.0 Å². The minimum atomic E-state index is -2.68. The van der Waals surface area contributed by atoms with Crippen molar-refractivity contribution in [3.05, 3.63) is 84.6 Å². The van der Waals surface area contributed by atoms with Crippen molar-refractivity contribution < 1.29 is 22.2 Å². The Labute approximate surface area is 185 Å². The third kappa shape index (κ3) is 3.89. The lowest BCUT2D eigenvalue weighted by Crippen LogP contribution is -2.56. The topological polar surface area (TPSA) is 62.6 Å². The van der Waals surface area contributed by atoms with Crippen LogP contribution in [0.2, 0.25) is 0 Å². The van der Waals surface area contributed by atoms with E-state index in [4.69, 9.17) is 4.42 Å². The van der Waals surface area contributed by atoms with Crippen LogP contribution >= 0.6 is 0 Å². The van der Waals surface area contributed by atoms with Gasteiger partial charge >= 0.3 is 0 Å². The van der Waals surface area contributed by atoms with Gasteiger partial charge in [0.05, 0.1) is 18.0 Å². The summed E-state index contributed by atoms with van der Waals surface area (Å²) in [7, 11) is -1.81. The Balaban J connectivity index is 1.36. The van der Waals surface area contributed by atoms with Crippen molar-refractivity contribution in [1.29, 1.82) is 0 Å². The Morgan fingerprint density at radius 2 is 1.69 bits per heavy atom. The average molecular weight is 452 g/mol. The number of fused-ring (bicyclic) bond motifs is 1. The molecule has 0 saturated carbocycles. The zero-order chi connectivity index (χ0) is 22.3. The van der Waals surface area contributed by atoms with Crippen molar-refractivity contribution in [2.75, 3.05) is 18.0 Å². The first-order valence-corrected chi connectivity index (χ1v) is 11.1. The van der Waals surface area contributed by atoms with Gasteiger partial charge in [0.15, 0.2) is 16.7 Å². The fraction of sp³-hybridized carbons (Fsp3) is 0.125. The van der Waals surface area contributed by atoms with Crippen LogP contribution in [-0.4, -0.2) is 29.1 Å². The molecule has 1 N–H and O–H groups in total. The van der Waals surface area contributed by atoms with Crippen molar-refractivity contribution in [2.45, 2.75) is 10.8 Å². The summed E-state index contributed by atoms with van der Waals surface area (Å²) >= 11 is 0. The highest BCUT2D eigenvalue weighted by molar-refractivity contribution is 7.83. The van der Waals surface area contributed by atoms with Gasteiger partial charge in [-0.3, -0.25) is 9.52 Å². The van der Waals surface area contributed by atoms with E-state index in [0.717, 1.165) is 11.1 Å². The maximum atomic E-state index is 13.1. The fourth-order valence-corrected chi connectivity index (χ4v) is 4.66. The molecule has 3 aromatic carbocycles. The second kappa shape index (κ2) is 7.87. The summed E-state index contributed by atoms with van der Waals surface area (Å²) < 4.78 is 47.4. The van der Waals surface area contributed by atoms with E-state index in [1.807, 2.05) is 42.5 Å². The first-order valence-electron chi connectivity index (χ1n) is 9.93. The largest absolute Gasteiger partial charge is 0.451 e. The van der Waals surface area contributed by atoms with Crippen molar-refractivity contribution >= 4 is 33.5 Å². The molecule has 2 heterocycles. The number of amides is 1. The van der Waals surface area contributed by atoms with Gasteiger partial charge < -0.3 is 9.32 Å². The summed E-state index contributed by atoms with van der Waals surface area (Å²) in [4.78, 5) is 14.7. The monoisotopic (exact) mass is 452 g/mol. The molecule has 32 heavy (non-hydrogen) atoms. The Morgan fingerprint density at radius 1 is 0.969 bits per heavy atom. The van der Waals surface area contributed by atoms with Crippen molar-refractivity contribution in [3.63, 3.8) is 0 Å². The number of nitrogens with one attached hydrogen (secondary N) is 1. The van der Waals surface area contributed by atoms with E-state index < -0.39 is 22.8 Å². The van der Waals surface area contributed by atoms with Crippen LogP contribution in [0.3, 0.4) is 0 Å². The van der Waals surface area contributed by atoms with Crippen molar-refractivity contribution in [1.82, 2.24) is 4.72 Å². The highest BCUT2D eigenvalue weighted by atomic mass is 32.2. The van der Waals surface area contributed by atoms with Gasteiger partial charge in [-0.25, -0.2) is 13.0 Å². The van der Waals surface area contributed by atoms with E-state index in [1.165, 1.54) is 4.90 Å². The Morgan fingerprint density at radius 3 is 2.44 bits per heavy atom. The van der Waals surface area contributed by atoms with Gasteiger partial charge in [0.1, 0.15) is 5.58 Å². The molecule has 0 bridgehead atoms. The molecule has 0 spiro atoms. The number of halogens is 2. The molecule has 1 aliphatic heterocycles. The molecule has 1 amide bonds. The summed E-state index contributed by atoms with van der Waals surface area (Å²) in [6.45, 7) is -0.682. The van der Waals surface area contributed by atoms with Gasteiger partial charge in [-0.05, 0) is 35.4 Å². The number of benzene rings is 3. The zero-order valence-electron chi connectivity index (χ0n) is 16.8. The molecule has 4 aromatic rings. The zero-order valence-corrected chi connectivity index (χ0v) is 17.6. The smallest absolute Gasteiger partial charge is 0.298 e. The van der Waals surface area contributed by atoms with E-state index in [0.29, 0.717) is 21.6 Å². The first-order chi connectivity index (χ1) is 15.4. The van der Waals surface area contributed by atoms with Gasteiger partial charge in [0.25, 0.3) is 11.8 Å². The molecular weight excluding hydrogens is 434 g/mol. The van der Waals surface area contributed by atoms with Crippen molar-refractivity contribution in [2.24, 2.45) is 0 Å². The maximum absolute atomic E-state index is 13.1. The third-order valence-corrected chi connectivity index (χ3v) is 6.42. The molecule has 1 atom stereocenters. The van der Waals surface area contributed by atoms with Crippen molar-refractivity contribution in [3.8, 4) is 11.1 Å².